The van der Waals surface area contributed by atoms with Gasteiger partial charge in [-0.05, 0) is 18.5 Å². The van der Waals surface area contributed by atoms with Crippen molar-refractivity contribution in [2.75, 3.05) is 19.7 Å². The molecule has 2 aromatic carbocycles. The van der Waals surface area contributed by atoms with Crippen LogP contribution in [0.5, 0.6) is 5.75 Å². The van der Waals surface area contributed by atoms with Crippen LogP contribution in [0.25, 0.3) is 10.9 Å². The molecule has 0 spiro atoms. The van der Waals surface area contributed by atoms with Crippen LogP contribution in [0.4, 0.5) is 13.2 Å². The summed E-state index contributed by atoms with van der Waals surface area (Å²) in [6.45, 7) is 2.59. The minimum atomic E-state index is -4.31. The average Bonchev–Trinajstić information content (AvgIpc) is 3.41. The average molecular weight is 466 g/mol. The van der Waals surface area contributed by atoms with Crippen molar-refractivity contribution in [1.29, 1.82) is 5.26 Å². The summed E-state index contributed by atoms with van der Waals surface area (Å²) in [7, 11) is 0. The number of benzene rings is 2. The Kier molecular flexibility index (Phi) is 7.22. The SMILES string of the molecule is FC(F)(F)c1cc2[c-]cccc2[nH]1.N#C[C@H]1CCN([C@@H]2[CH-]c3ccccc3OC2)C1.[Mn+2]. The van der Waals surface area contributed by atoms with Crippen LogP contribution in [-0.2, 0) is 23.2 Å². The Hall–Kier alpha value is -2.59. The maximum atomic E-state index is 12.2. The van der Waals surface area contributed by atoms with Crippen molar-refractivity contribution in [1.82, 2.24) is 9.88 Å². The molecule has 2 atom stereocenters. The Labute approximate surface area is 189 Å². The van der Waals surface area contributed by atoms with E-state index in [4.69, 9.17) is 10.00 Å². The number of ether oxygens (including phenoxy) is 1. The van der Waals surface area contributed by atoms with E-state index >= 15 is 0 Å². The van der Waals surface area contributed by atoms with Gasteiger partial charge in [-0.3, -0.25) is 0 Å². The Morgan fingerprint density at radius 3 is 2.74 bits per heavy atom. The van der Waals surface area contributed by atoms with Gasteiger partial charge >= 0.3 is 23.2 Å². The molecule has 1 saturated heterocycles. The van der Waals surface area contributed by atoms with Gasteiger partial charge in [0.2, 0.25) is 0 Å². The minimum Gasteiger partial charge on any atom is -0.550 e. The second kappa shape index (κ2) is 9.69. The zero-order valence-electron chi connectivity index (χ0n) is 16.5. The molecule has 3 heterocycles. The molecule has 1 fully saturated rings. The number of rotatable bonds is 1. The van der Waals surface area contributed by atoms with Gasteiger partial charge in [-0.1, -0.05) is 12.1 Å². The van der Waals surface area contributed by atoms with Crippen LogP contribution < -0.4 is 4.74 Å². The van der Waals surface area contributed by atoms with Crippen LogP contribution in [0, 0.1) is 29.7 Å². The number of H-pyrrole nitrogens is 1. The third kappa shape index (κ3) is 5.37. The van der Waals surface area contributed by atoms with E-state index in [1.54, 1.807) is 18.2 Å². The first-order chi connectivity index (χ1) is 14.4. The minimum absolute atomic E-state index is 0. The van der Waals surface area contributed by atoms with Gasteiger partial charge in [0.05, 0.1) is 24.3 Å². The van der Waals surface area contributed by atoms with Gasteiger partial charge in [-0.25, -0.2) is 0 Å². The fourth-order valence-corrected chi connectivity index (χ4v) is 3.74. The number of nitriles is 1. The van der Waals surface area contributed by atoms with Crippen LogP contribution >= 0.6 is 0 Å². The molecule has 1 radical (unpaired) electrons. The topological polar surface area (TPSA) is 52.0 Å². The monoisotopic (exact) mass is 466 g/mol. The number of halogens is 3. The normalized spacial score (nSPS) is 20.3. The van der Waals surface area contributed by atoms with Gasteiger partial charge in [-0.15, -0.1) is 47.3 Å². The third-order valence-electron chi connectivity index (χ3n) is 5.32. The van der Waals surface area contributed by atoms with Crippen molar-refractivity contribution >= 4 is 10.9 Å². The van der Waals surface area contributed by atoms with E-state index in [2.05, 4.69) is 34.5 Å². The molecule has 0 unspecified atom stereocenters. The molecular weight excluding hydrogens is 446 g/mol. The van der Waals surface area contributed by atoms with E-state index in [0.717, 1.165) is 31.3 Å². The van der Waals surface area contributed by atoms with Crippen LogP contribution in [-0.4, -0.2) is 35.6 Å². The molecule has 0 amide bonds. The maximum absolute atomic E-state index is 12.2. The second-order valence-electron chi connectivity index (χ2n) is 7.37. The first-order valence-electron chi connectivity index (χ1n) is 9.71. The van der Waals surface area contributed by atoms with Crippen molar-refractivity contribution in [3.8, 4) is 11.8 Å². The number of alkyl halides is 3. The molecule has 0 aliphatic carbocycles. The molecule has 4 nitrogen and oxygen atoms in total. The number of nitrogens with zero attached hydrogens (tertiary/aromatic N) is 2. The summed E-state index contributed by atoms with van der Waals surface area (Å²) in [5.74, 6) is 1.17. The van der Waals surface area contributed by atoms with E-state index in [-0.39, 0.29) is 23.0 Å². The molecule has 5 rings (SSSR count). The number of nitrogens with one attached hydrogen (secondary N) is 1. The van der Waals surface area contributed by atoms with Gasteiger partial charge in [0.1, 0.15) is 0 Å². The van der Waals surface area contributed by atoms with E-state index in [9.17, 15) is 13.2 Å². The van der Waals surface area contributed by atoms with Crippen LogP contribution in [0.2, 0.25) is 0 Å². The molecule has 3 aromatic rings. The van der Waals surface area contributed by atoms with E-state index in [0.29, 0.717) is 23.6 Å². The summed E-state index contributed by atoms with van der Waals surface area (Å²) in [5, 5.41) is 9.38. The van der Waals surface area contributed by atoms with Gasteiger partial charge in [0.15, 0.2) is 0 Å². The summed E-state index contributed by atoms with van der Waals surface area (Å²) in [6.07, 6.45) is -1.06. The number of hydrogen-bond acceptors (Lipinski definition) is 3. The third-order valence-corrected chi connectivity index (χ3v) is 5.32. The molecule has 2 aliphatic rings. The molecule has 161 valence electrons. The first-order valence-corrected chi connectivity index (χ1v) is 9.71. The van der Waals surface area contributed by atoms with Crippen molar-refractivity contribution in [2.24, 2.45) is 5.92 Å². The zero-order valence-corrected chi connectivity index (χ0v) is 17.7. The Balaban J connectivity index is 0.000000176. The molecule has 31 heavy (non-hydrogen) atoms. The fraction of sp³-hybridized carbons (Fsp3) is 0.304. The summed E-state index contributed by atoms with van der Waals surface area (Å²) in [4.78, 5) is 4.63. The van der Waals surface area contributed by atoms with E-state index < -0.39 is 11.9 Å². The molecule has 0 saturated carbocycles. The molecule has 8 heteroatoms. The number of hydrogen-bond donors (Lipinski definition) is 1. The van der Waals surface area contributed by atoms with Crippen LogP contribution in [0.3, 0.4) is 0 Å². The summed E-state index contributed by atoms with van der Waals surface area (Å²) >= 11 is 0. The van der Waals surface area contributed by atoms with Gasteiger partial charge < -0.3 is 14.6 Å². The number of para-hydroxylation sites is 1. The predicted octanol–water partition coefficient (Wildman–Crippen LogP) is 4.83. The number of likely N-dealkylation sites (tertiary alicyclic amines) is 1. The van der Waals surface area contributed by atoms with Gasteiger partial charge in [0.25, 0.3) is 0 Å². The van der Waals surface area contributed by atoms with Crippen molar-refractivity contribution in [3.05, 3.63) is 72.3 Å². The first kappa shape index (κ1) is 23.1. The second-order valence-corrected chi connectivity index (χ2v) is 7.37. The Morgan fingerprint density at radius 2 is 2.03 bits per heavy atom. The van der Waals surface area contributed by atoms with Crippen LogP contribution in [0.1, 0.15) is 17.7 Å². The number of fused-ring (bicyclic) bond motifs is 2. The molecule has 1 N–H and O–H groups in total. The molecular formula is C23H20F3MnN3O. The quantitative estimate of drug-likeness (QED) is 0.413. The van der Waals surface area contributed by atoms with Crippen LogP contribution in [0.15, 0.2) is 48.5 Å². The molecule has 2 aliphatic heterocycles. The van der Waals surface area contributed by atoms with Gasteiger partial charge in [-0.2, -0.15) is 30.9 Å². The van der Waals surface area contributed by atoms with Gasteiger partial charge in [0, 0.05) is 18.3 Å². The predicted molar refractivity (Wildman–Crippen MR) is 107 cm³/mol. The van der Waals surface area contributed by atoms with E-state index in [1.807, 2.05) is 18.2 Å². The maximum Gasteiger partial charge on any atom is 2.00 e. The fourth-order valence-electron chi connectivity index (χ4n) is 3.74. The largest absolute Gasteiger partial charge is 2.00 e. The van der Waals surface area contributed by atoms with Crippen molar-refractivity contribution < 1.29 is 35.0 Å². The number of aromatic nitrogens is 1. The zero-order chi connectivity index (χ0) is 21.1. The number of aromatic amines is 1. The smallest absolute Gasteiger partial charge is 0.550 e. The Morgan fingerprint density at radius 1 is 1.23 bits per heavy atom. The molecule has 0 bridgehead atoms. The summed E-state index contributed by atoms with van der Waals surface area (Å²) < 4.78 is 42.3. The summed E-state index contributed by atoms with van der Waals surface area (Å²) in [5.41, 5.74) is 0.893. The van der Waals surface area contributed by atoms with Crippen molar-refractivity contribution in [3.63, 3.8) is 0 Å². The Bertz CT molecular complexity index is 1030. The molecule has 1 aromatic heterocycles. The summed E-state index contributed by atoms with van der Waals surface area (Å²) in [6, 6.07) is 19.4. The standard InChI is InChI=1S/C14H15N2O.C9H5F3N.Mn/c15-8-11-5-6-16(9-11)13-7-12-3-1-2-4-14(12)17-10-13;10-9(11,12)8-5-6-3-1-2-4-7(6)13-8;/h1-4,7,11,13H,5-6,9-10H2;1-2,4-5,13H;/q2*-1;+2/t11-,13-;;/m1../s1. The van der Waals surface area contributed by atoms with Crippen molar-refractivity contribution in [2.45, 2.75) is 18.6 Å². The van der Waals surface area contributed by atoms with E-state index in [1.165, 1.54) is 5.56 Å².